The van der Waals surface area contributed by atoms with E-state index in [1.807, 2.05) is 12.1 Å². The second-order valence-electron chi connectivity index (χ2n) is 5.36. The first-order valence-electron chi connectivity index (χ1n) is 7.34. The van der Waals surface area contributed by atoms with Crippen LogP contribution in [0.1, 0.15) is 37.9 Å². The molecule has 114 valence electrons. The Labute approximate surface area is 126 Å². The van der Waals surface area contributed by atoms with E-state index >= 15 is 0 Å². The first-order valence-corrected chi connectivity index (χ1v) is 7.34. The van der Waals surface area contributed by atoms with E-state index in [2.05, 4.69) is 33.0 Å². The van der Waals surface area contributed by atoms with Gasteiger partial charge in [-0.3, -0.25) is 0 Å². The highest BCUT2D eigenvalue weighted by molar-refractivity contribution is 6.01. The Kier molecular flexibility index (Phi) is 4.56. The highest BCUT2D eigenvalue weighted by Crippen LogP contribution is 2.41. The highest BCUT2D eigenvalue weighted by Gasteiger charge is 2.20. The molecule has 2 aromatic rings. The van der Waals surface area contributed by atoms with E-state index in [0.717, 1.165) is 40.3 Å². The van der Waals surface area contributed by atoms with Gasteiger partial charge in [-0.25, -0.2) is 4.98 Å². The summed E-state index contributed by atoms with van der Waals surface area (Å²) in [7, 11) is 3.35. The van der Waals surface area contributed by atoms with Crippen LogP contribution >= 0.6 is 0 Å². The number of hydrogen-bond donors (Lipinski definition) is 1. The quantitative estimate of drug-likeness (QED) is 0.899. The van der Waals surface area contributed by atoms with Gasteiger partial charge in [0.15, 0.2) is 0 Å². The fraction of sp³-hybridized carbons (Fsp3) is 0.471. The van der Waals surface area contributed by atoms with Gasteiger partial charge < -0.3 is 14.8 Å². The maximum Gasteiger partial charge on any atom is 0.145 e. The molecule has 0 radical (unpaired) electrons. The summed E-state index contributed by atoms with van der Waals surface area (Å²) in [6, 6.07) is 3.83. The van der Waals surface area contributed by atoms with E-state index in [9.17, 15) is 0 Å². The van der Waals surface area contributed by atoms with Crippen LogP contribution in [0.25, 0.3) is 10.9 Å². The van der Waals surface area contributed by atoms with E-state index in [-0.39, 0.29) is 0 Å². The zero-order valence-electron chi connectivity index (χ0n) is 13.7. The summed E-state index contributed by atoms with van der Waals surface area (Å²) in [4.78, 5) is 4.77. The lowest BCUT2D eigenvalue weighted by Gasteiger charge is -2.21. The molecule has 0 aliphatic carbocycles. The molecule has 0 fully saturated rings. The normalized spacial score (nSPS) is 11.0. The molecule has 4 heteroatoms. The van der Waals surface area contributed by atoms with Crippen molar-refractivity contribution in [2.75, 3.05) is 26.1 Å². The SMILES string of the molecule is CCNc1c(C(C)C)c(C)nc2c(OC)ccc(OC)c12. The molecule has 0 saturated carbocycles. The fourth-order valence-electron chi connectivity index (χ4n) is 2.85. The molecule has 1 heterocycles. The molecule has 1 aromatic heterocycles. The number of rotatable bonds is 5. The molecule has 21 heavy (non-hydrogen) atoms. The van der Waals surface area contributed by atoms with Gasteiger partial charge in [-0.15, -0.1) is 0 Å². The minimum Gasteiger partial charge on any atom is -0.496 e. The zero-order chi connectivity index (χ0) is 15.6. The molecule has 0 aliphatic heterocycles. The molecule has 0 spiro atoms. The van der Waals surface area contributed by atoms with Gasteiger partial charge in [-0.05, 0) is 37.5 Å². The second-order valence-corrected chi connectivity index (χ2v) is 5.36. The van der Waals surface area contributed by atoms with E-state index in [0.29, 0.717) is 5.92 Å². The Hall–Kier alpha value is -1.97. The van der Waals surface area contributed by atoms with Crippen LogP contribution in [0.3, 0.4) is 0 Å². The van der Waals surface area contributed by atoms with Crippen molar-refractivity contribution in [3.8, 4) is 11.5 Å². The van der Waals surface area contributed by atoms with Crippen molar-refractivity contribution in [2.24, 2.45) is 0 Å². The van der Waals surface area contributed by atoms with Gasteiger partial charge in [-0.2, -0.15) is 0 Å². The lowest BCUT2D eigenvalue weighted by Crippen LogP contribution is -2.08. The molecule has 4 nitrogen and oxygen atoms in total. The lowest BCUT2D eigenvalue weighted by atomic mass is 9.96. The van der Waals surface area contributed by atoms with Crippen LogP contribution in [0.2, 0.25) is 0 Å². The standard InChI is InChI=1S/C17H24N2O2/c1-7-18-17-14(10(2)3)11(4)19-16-13(21-6)9-8-12(20-5)15(16)17/h8-10H,7H2,1-6H3,(H,18,19). The average molecular weight is 288 g/mol. The van der Waals surface area contributed by atoms with Crippen LogP contribution in [-0.4, -0.2) is 25.7 Å². The van der Waals surface area contributed by atoms with E-state index in [4.69, 9.17) is 14.5 Å². The molecular weight excluding hydrogens is 264 g/mol. The maximum absolute atomic E-state index is 5.55. The number of aromatic nitrogens is 1. The fourth-order valence-corrected chi connectivity index (χ4v) is 2.85. The summed E-state index contributed by atoms with van der Waals surface area (Å²) in [5.41, 5.74) is 4.20. The van der Waals surface area contributed by atoms with Crippen LogP contribution < -0.4 is 14.8 Å². The van der Waals surface area contributed by atoms with Crippen LogP contribution in [0.15, 0.2) is 12.1 Å². The molecule has 1 N–H and O–H groups in total. The second kappa shape index (κ2) is 6.20. The van der Waals surface area contributed by atoms with Gasteiger partial charge >= 0.3 is 0 Å². The zero-order valence-corrected chi connectivity index (χ0v) is 13.7. The number of hydrogen-bond acceptors (Lipinski definition) is 4. The van der Waals surface area contributed by atoms with Crippen molar-refractivity contribution in [2.45, 2.75) is 33.6 Å². The first-order chi connectivity index (χ1) is 10.0. The van der Waals surface area contributed by atoms with E-state index in [1.54, 1.807) is 14.2 Å². The summed E-state index contributed by atoms with van der Waals surface area (Å²) < 4.78 is 11.0. The summed E-state index contributed by atoms with van der Waals surface area (Å²) in [5, 5.41) is 4.49. The Bertz CT molecular complexity index is 651. The van der Waals surface area contributed by atoms with Crippen LogP contribution in [0.5, 0.6) is 11.5 Å². The van der Waals surface area contributed by atoms with Gasteiger partial charge in [0.05, 0.1) is 25.3 Å². The van der Waals surface area contributed by atoms with Crippen molar-refractivity contribution in [3.05, 3.63) is 23.4 Å². The molecule has 0 aliphatic rings. The van der Waals surface area contributed by atoms with Crippen LogP contribution in [0, 0.1) is 6.92 Å². The van der Waals surface area contributed by atoms with Gasteiger partial charge in [0.25, 0.3) is 0 Å². The van der Waals surface area contributed by atoms with E-state index < -0.39 is 0 Å². The Balaban J connectivity index is 2.95. The Morgan fingerprint density at radius 1 is 1.14 bits per heavy atom. The molecule has 1 aromatic carbocycles. The summed E-state index contributed by atoms with van der Waals surface area (Å²) in [6.45, 7) is 9.36. The molecule has 0 atom stereocenters. The number of fused-ring (bicyclic) bond motifs is 1. The predicted molar refractivity (Wildman–Crippen MR) is 87.8 cm³/mol. The summed E-state index contributed by atoms with van der Waals surface area (Å²) in [6.07, 6.45) is 0. The van der Waals surface area contributed by atoms with Crippen molar-refractivity contribution in [1.82, 2.24) is 4.98 Å². The number of aryl methyl sites for hydroxylation is 1. The van der Waals surface area contributed by atoms with Crippen molar-refractivity contribution >= 4 is 16.6 Å². The summed E-state index contributed by atoms with van der Waals surface area (Å²) in [5.74, 6) is 1.96. The molecular formula is C17H24N2O2. The van der Waals surface area contributed by atoms with Gasteiger partial charge in [0.1, 0.15) is 17.0 Å². The van der Waals surface area contributed by atoms with Gasteiger partial charge in [0.2, 0.25) is 0 Å². The number of methoxy groups -OCH3 is 2. The topological polar surface area (TPSA) is 43.4 Å². The number of pyridine rings is 1. The third kappa shape index (κ3) is 2.62. The van der Waals surface area contributed by atoms with Crippen molar-refractivity contribution < 1.29 is 9.47 Å². The number of benzene rings is 1. The highest BCUT2D eigenvalue weighted by atomic mass is 16.5. The number of nitrogens with one attached hydrogen (secondary N) is 1. The van der Waals surface area contributed by atoms with Crippen molar-refractivity contribution in [1.29, 1.82) is 0 Å². The minimum atomic E-state index is 0.381. The molecule has 0 bridgehead atoms. The van der Waals surface area contributed by atoms with Crippen molar-refractivity contribution in [3.63, 3.8) is 0 Å². The number of ether oxygens (including phenoxy) is 2. The van der Waals surface area contributed by atoms with Gasteiger partial charge in [-0.1, -0.05) is 13.8 Å². The Morgan fingerprint density at radius 2 is 1.76 bits per heavy atom. The van der Waals surface area contributed by atoms with E-state index in [1.165, 1.54) is 5.56 Å². The molecule has 0 saturated heterocycles. The van der Waals surface area contributed by atoms with Gasteiger partial charge in [0, 0.05) is 12.2 Å². The first kappa shape index (κ1) is 15.4. The molecule has 0 unspecified atom stereocenters. The largest absolute Gasteiger partial charge is 0.496 e. The maximum atomic E-state index is 5.55. The Morgan fingerprint density at radius 3 is 2.29 bits per heavy atom. The lowest BCUT2D eigenvalue weighted by molar-refractivity contribution is 0.409. The smallest absolute Gasteiger partial charge is 0.145 e. The third-order valence-corrected chi connectivity index (χ3v) is 3.66. The third-order valence-electron chi connectivity index (χ3n) is 3.66. The monoisotopic (exact) mass is 288 g/mol. The number of anilines is 1. The number of nitrogens with zero attached hydrogens (tertiary/aromatic N) is 1. The summed E-state index contributed by atoms with van der Waals surface area (Å²) >= 11 is 0. The average Bonchev–Trinajstić information content (AvgIpc) is 2.45. The molecule has 2 rings (SSSR count). The molecule has 0 amide bonds. The minimum absolute atomic E-state index is 0.381. The predicted octanol–water partition coefficient (Wildman–Crippen LogP) is 4.12. The van der Waals surface area contributed by atoms with Crippen LogP contribution in [-0.2, 0) is 0 Å². The van der Waals surface area contributed by atoms with Crippen LogP contribution in [0.4, 0.5) is 5.69 Å².